The molecular weight excluding hydrogens is 302 g/mol. The molecule has 0 amide bonds. The SMILES string of the molecule is CC(C)(C)I.I. The maximum atomic E-state index is 2.38. The maximum Gasteiger partial charge on any atom is 0.0137 e. The Labute approximate surface area is 70.2 Å². The van der Waals surface area contributed by atoms with E-state index < -0.39 is 0 Å². The fourth-order valence-electron chi connectivity index (χ4n) is 0. The molecule has 0 spiro atoms. The average molecular weight is 312 g/mol. The zero-order chi connectivity index (χ0) is 4.50. The molecule has 0 saturated heterocycles. The van der Waals surface area contributed by atoms with Gasteiger partial charge in [-0.05, 0) is 0 Å². The molecule has 0 bridgehead atoms. The molecule has 2 heteroatoms. The minimum atomic E-state index is 0. The third-order valence-electron chi connectivity index (χ3n) is 0. The Morgan fingerprint density at radius 2 is 1.17 bits per heavy atom. The van der Waals surface area contributed by atoms with Crippen molar-refractivity contribution < 1.29 is 0 Å². The van der Waals surface area contributed by atoms with Gasteiger partial charge in [0, 0.05) is 3.42 Å². The summed E-state index contributed by atoms with van der Waals surface area (Å²) in [6, 6.07) is 0. The van der Waals surface area contributed by atoms with Gasteiger partial charge in [-0.3, -0.25) is 0 Å². The van der Waals surface area contributed by atoms with Crippen LogP contribution in [0, 0.1) is 0 Å². The lowest BCUT2D eigenvalue weighted by atomic mass is 10.3. The second-order valence-electron chi connectivity index (χ2n) is 2.07. The first-order valence-corrected chi connectivity index (χ1v) is 2.77. The fourth-order valence-corrected chi connectivity index (χ4v) is 0. The first kappa shape index (κ1) is 10.4. The van der Waals surface area contributed by atoms with Crippen molar-refractivity contribution >= 4 is 46.6 Å². The van der Waals surface area contributed by atoms with Crippen molar-refractivity contribution in [3.8, 4) is 0 Å². The minimum Gasteiger partial charge on any atom is -0.107 e. The van der Waals surface area contributed by atoms with Gasteiger partial charge in [0.05, 0.1) is 0 Å². The molecule has 0 N–H and O–H groups in total. The van der Waals surface area contributed by atoms with Crippen LogP contribution in [0.15, 0.2) is 0 Å². The lowest BCUT2D eigenvalue weighted by molar-refractivity contribution is 0.847. The van der Waals surface area contributed by atoms with E-state index in [1.807, 2.05) is 0 Å². The van der Waals surface area contributed by atoms with Crippen LogP contribution < -0.4 is 0 Å². The topological polar surface area (TPSA) is 0 Å². The van der Waals surface area contributed by atoms with Crippen LogP contribution in [-0.2, 0) is 0 Å². The highest BCUT2D eigenvalue weighted by Gasteiger charge is 1.98. The van der Waals surface area contributed by atoms with E-state index in [4.69, 9.17) is 0 Å². The van der Waals surface area contributed by atoms with Crippen LogP contribution in [-0.4, -0.2) is 3.42 Å². The summed E-state index contributed by atoms with van der Waals surface area (Å²) in [7, 11) is 0. The number of halogens is 2. The van der Waals surface area contributed by atoms with E-state index in [0.29, 0.717) is 3.42 Å². The van der Waals surface area contributed by atoms with Gasteiger partial charge in [-0.15, -0.1) is 24.0 Å². The van der Waals surface area contributed by atoms with Gasteiger partial charge in [0.1, 0.15) is 0 Å². The fraction of sp³-hybridized carbons (Fsp3) is 1.00. The molecule has 0 aromatic rings. The molecular formula is C4H10I2. The maximum absolute atomic E-state index is 2.38. The largest absolute Gasteiger partial charge is 0.107 e. The lowest BCUT2D eigenvalue weighted by Crippen LogP contribution is -1.97. The molecule has 0 rings (SSSR count). The zero-order valence-electron chi connectivity index (χ0n) is 4.29. The number of alkyl halides is 1. The summed E-state index contributed by atoms with van der Waals surface area (Å²) in [5, 5.41) is 0. The highest BCUT2D eigenvalue weighted by Crippen LogP contribution is 2.12. The summed E-state index contributed by atoms with van der Waals surface area (Å²) in [6.07, 6.45) is 0. The van der Waals surface area contributed by atoms with E-state index in [0.717, 1.165) is 0 Å². The number of hydrogen-bond acceptors (Lipinski definition) is 0. The Bertz CT molecular complexity index is 21.0. The van der Waals surface area contributed by atoms with Gasteiger partial charge in [0.15, 0.2) is 0 Å². The van der Waals surface area contributed by atoms with Crippen LogP contribution in [0.25, 0.3) is 0 Å². The van der Waals surface area contributed by atoms with E-state index in [2.05, 4.69) is 43.4 Å². The number of hydrogen-bond donors (Lipinski definition) is 0. The van der Waals surface area contributed by atoms with Crippen molar-refractivity contribution in [2.24, 2.45) is 0 Å². The molecule has 0 nitrogen and oxygen atoms in total. The highest BCUT2D eigenvalue weighted by molar-refractivity contribution is 14.1. The minimum absolute atomic E-state index is 0. The van der Waals surface area contributed by atoms with E-state index in [9.17, 15) is 0 Å². The van der Waals surface area contributed by atoms with Crippen LogP contribution in [0.3, 0.4) is 0 Å². The van der Waals surface area contributed by atoms with Crippen LogP contribution in [0.1, 0.15) is 20.8 Å². The quantitative estimate of drug-likeness (QED) is 0.477. The molecule has 0 radical (unpaired) electrons. The van der Waals surface area contributed by atoms with Gasteiger partial charge >= 0.3 is 0 Å². The Kier molecular flexibility index (Phi) is 6.02. The first-order valence-electron chi connectivity index (χ1n) is 1.69. The van der Waals surface area contributed by atoms with Crippen molar-refractivity contribution in [1.82, 2.24) is 0 Å². The molecule has 0 aliphatic heterocycles. The van der Waals surface area contributed by atoms with Gasteiger partial charge in [0.25, 0.3) is 0 Å². The predicted octanol–water partition coefficient (Wildman–Crippen LogP) is 2.84. The smallest absolute Gasteiger partial charge is 0.0137 e. The molecule has 0 atom stereocenters. The first-order chi connectivity index (χ1) is 2.00. The van der Waals surface area contributed by atoms with Crippen molar-refractivity contribution in [1.29, 1.82) is 0 Å². The molecule has 0 saturated carbocycles. The third kappa shape index (κ3) is 51.0. The second-order valence-corrected chi connectivity index (χ2v) is 5.30. The molecule has 0 aliphatic carbocycles. The Balaban J connectivity index is 0. The molecule has 0 fully saturated rings. The molecule has 0 aliphatic rings. The summed E-state index contributed by atoms with van der Waals surface area (Å²) >= 11 is 2.38. The number of rotatable bonds is 0. The van der Waals surface area contributed by atoms with Crippen LogP contribution >= 0.6 is 46.6 Å². The summed E-state index contributed by atoms with van der Waals surface area (Å²) in [4.78, 5) is 0. The zero-order valence-corrected chi connectivity index (χ0v) is 8.77. The van der Waals surface area contributed by atoms with Gasteiger partial charge in [-0.1, -0.05) is 43.4 Å². The van der Waals surface area contributed by atoms with Gasteiger partial charge in [-0.25, -0.2) is 0 Å². The third-order valence-corrected chi connectivity index (χ3v) is 0. The summed E-state index contributed by atoms with van der Waals surface area (Å²) in [5.74, 6) is 0. The van der Waals surface area contributed by atoms with Crippen molar-refractivity contribution in [2.75, 3.05) is 0 Å². The standard InChI is InChI=1S/C4H9I.HI/c1-4(2,3)5;/h1-3H3;1H. The average Bonchev–Trinajstić information content (AvgIpc) is 0.722. The van der Waals surface area contributed by atoms with Crippen molar-refractivity contribution in [3.63, 3.8) is 0 Å². The van der Waals surface area contributed by atoms with Crippen LogP contribution in [0.4, 0.5) is 0 Å². The Hall–Kier alpha value is 1.46. The molecule has 0 heterocycles. The van der Waals surface area contributed by atoms with Crippen LogP contribution in [0.2, 0.25) is 0 Å². The van der Waals surface area contributed by atoms with E-state index in [1.165, 1.54) is 0 Å². The van der Waals surface area contributed by atoms with Crippen molar-refractivity contribution in [3.05, 3.63) is 0 Å². The van der Waals surface area contributed by atoms with Gasteiger partial charge in [0.2, 0.25) is 0 Å². The summed E-state index contributed by atoms with van der Waals surface area (Å²) in [6.45, 7) is 6.52. The Morgan fingerprint density at radius 1 is 1.17 bits per heavy atom. The normalized spacial score (nSPS) is 10.0. The summed E-state index contributed by atoms with van der Waals surface area (Å²) < 4.78 is 0.470. The monoisotopic (exact) mass is 312 g/mol. The van der Waals surface area contributed by atoms with E-state index in [-0.39, 0.29) is 24.0 Å². The van der Waals surface area contributed by atoms with Gasteiger partial charge in [-0.2, -0.15) is 0 Å². The van der Waals surface area contributed by atoms with Gasteiger partial charge < -0.3 is 0 Å². The second kappa shape index (κ2) is 3.46. The van der Waals surface area contributed by atoms with E-state index >= 15 is 0 Å². The van der Waals surface area contributed by atoms with Crippen molar-refractivity contribution in [2.45, 2.75) is 24.2 Å². The van der Waals surface area contributed by atoms with E-state index in [1.54, 1.807) is 0 Å². The Morgan fingerprint density at radius 3 is 1.17 bits per heavy atom. The molecule has 40 valence electrons. The molecule has 0 aromatic heterocycles. The molecule has 6 heavy (non-hydrogen) atoms. The lowest BCUT2D eigenvalue weighted by Gasteiger charge is -2.02. The summed E-state index contributed by atoms with van der Waals surface area (Å²) in [5.41, 5.74) is 0. The van der Waals surface area contributed by atoms with Crippen LogP contribution in [0.5, 0.6) is 0 Å². The molecule has 0 aromatic carbocycles. The molecule has 0 unspecified atom stereocenters. The predicted molar refractivity (Wildman–Crippen MR) is 49.2 cm³/mol. The highest BCUT2D eigenvalue weighted by atomic mass is 127.